The molecule has 0 aliphatic heterocycles. The van der Waals surface area contributed by atoms with Crippen molar-refractivity contribution in [1.29, 1.82) is 0 Å². The van der Waals surface area contributed by atoms with Gasteiger partial charge in [-0.25, -0.2) is 0 Å². The summed E-state index contributed by atoms with van der Waals surface area (Å²) in [7, 11) is 0. The number of hydrogen-bond acceptors (Lipinski definition) is 5. The van der Waals surface area contributed by atoms with E-state index in [1.165, 1.54) is 0 Å². The second kappa shape index (κ2) is 4.52. The van der Waals surface area contributed by atoms with Crippen molar-refractivity contribution in [2.45, 2.75) is 25.8 Å². The first-order valence-corrected chi connectivity index (χ1v) is 5.30. The summed E-state index contributed by atoms with van der Waals surface area (Å²) in [5.41, 5.74) is 6.58. The van der Waals surface area contributed by atoms with Crippen molar-refractivity contribution in [3.05, 3.63) is 18.0 Å². The third-order valence-electron chi connectivity index (χ3n) is 2.94. The molecule has 0 bridgehead atoms. The summed E-state index contributed by atoms with van der Waals surface area (Å²) < 4.78 is 4.73. The Morgan fingerprint density at radius 1 is 1.69 bits per heavy atom. The molecule has 0 unspecified atom stereocenters. The molecule has 1 aromatic rings. The molecular weight excluding hydrogens is 208 g/mol. The Hall–Kier alpha value is -1.56. The lowest BCUT2D eigenvalue weighted by molar-refractivity contribution is 0.314. The van der Waals surface area contributed by atoms with Gasteiger partial charge >= 0.3 is 0 Å². The Morgan fingerprint density at radius 2 is 2.50 bits per heavy atom. The summed E-state index contributed by atoms with van der Waals surface area (Å²) in [6, 6.07) is 1.83. The van der Waals surface area contributed by atoms with Gasteiger partial charge in [0.15, 0.2) is 0 Å². The van der Waals surface area contributed by atoms with Crippen LogP contribution in [-0.2, 0) is 6.54 Å². The first-order valence-electron chi connectivity index (χ1n) is 5.30. The number of oxime groups is 1. The fraction of sp³-hybridized carbons (Fsp3) is 0.600. The van der Waals surface area contributed by atoms with E-state index in [0.717, 1.165) is 25.1 Å². The number of rotatable bonds is 6. The van der Waals surface area contributed by atoms with E-state index >= 15 is 0 Å². The van der Waals surface area contributed by atoms with E-state index in [1.54, 1.807) is 6.26 Å². The Labute approximate surface area is 93.5 Å². The van der Waals surface area contributed by atoms with Crippen LogP contribution in [0.3, 0.4) is 0 Å². The highest BCUT2D eigenvalue weighted by Crippen LogP contribution is 2.48. The molecule has 6 heteroatoms. The van der Waals surface area contributed by atoms with E-state index in [-0.39, 0.29) is 5.41 Å². The van der Waals surface area contributed by atoms with Crippen molar-refractivity contribution < 1.29 is 9.73 Å². The SMILES string of the molecule is N/C(CC1(CNCc2ccon2)CC1)=N/O. The molecule has 1 fully saturated rings. The molecule has 0 aromatic carbocycles. The van der Waals surface area contributed by atoms with Crippen LogP contribution in [0.4, 0.5) is 0 Å². The maximum Gasteiger partial charge on any atom is 0.139 e. The normalized spacial score (nSPS) is 18.6. The van der Waals surface area contributed by atoms with Gasteiger partial charge in [0.05, 0.1) is 5.69 Å². The van der Waals surface area contributed by atoms with E-state index in [0.29, 0.717) is 18.8 Å². The molecule has 1 aliphatic carbocycles. The topological polar surface area (TPSA) is 96.7 Å². The Morgan fingerprint density at radius 3 is 3.06 bits per heavy atom. The Balaban J connectivity index is 1.73. The standard InChI is InChI=1S/C10H16N4O2/c11-9(13-15)5-10(2-3-10)7-12-6-8-1-4-16-14-8/h1,4,12,15H,2-3,5-7H2,(H2,11,13). The van der Waals surface area contributed by atoms with Gasteiger partial charge in [-0.3, -0.25) is 0 Å². The van der Waals surface area contributed by atoms with Crippen LogP contribution in [-0.4, -0.2) is 22.7 Å². The quantitative estimate of drug-likeness (QED) is 0.286. The van der Waals surface area contributed by atoms with Crippen LogP contribution in [0.1, 0.15) is 25.0 Å². The van der Waals surface area contributed by atoms with E-state index in [2.05, 4.69) is 15.6 Å². The van der Waals surface area contributed by atoms with Crippen molar-refractivity contribution >= 4 is 5.84 Å². The van der Waals surface area contributed by atoms with Crippen LogP contribution < -0.4 is 11.1 Å². The first kappa shape index (κ1) is 10.9. The molecule has 1 aliphatic rings. The van der Waals surface area contributed by atoms with Gasteiger partial charge < -0.3 is 20.8 Å². The van der Waals surface area contributed by atoms with Crippen LogP contribution >= 0.6 is 0 Å². The highest BCUT2D eigenvalue weighted by Gasteiger charge is 2.42. The molecule has 0 spiro atoms. The highest BCUT2D eigenvalue weighted by atomic mass is 16.5. The van der Waals surface area contributed by atoms with Gasteiger partial charge in [0, 0.05) is 25.6 Å². The third kappa shape index (κ3) is 2.73. The van der Waals surface area contributed by atoms with Crippen LogP contribution in [0.25, 0.3) is 0 Å². The summed E-state index contributed by atoms with van der Waals surface area (Å²) in [4.78, 5) is 0. The van der Waals surface area contributed by atoms with Gasteiger partial charge in [-0.05, 0) is 18.3 Å². The van der Waals surface area contributed by atoms with Crippen molar-refractivity contribution in [2.24, 2.45) is 16.3 Å². The summed E-state index contributed by atoms with van der Waals surface area (Å²) in [6.45, 7) is 1.55. The van der Waals surface area contributed by atoms with Crippen molar-refractivity contribution in [3.8, 4) is 0 Å². The lowest BCUT2D eigenvalue weighted by Gasteiger charge is -2.14. The van der Waals surface area contributed by atoms with E-state index in [9.17, 15) is 0 Å². The Bertz CT molecular complexity index is 357. The summed E-state index contributed by atoms with van der Waals surface area (Å²) in [5, 5.41) is 18.6. The minimum atomic E-state index is 0.181. The maximum atomic E-state index is 8.52. The molecule has 6 nitrogen and oxygen atoms in total. The van der Waals surface area contributed by atoms with Crippen molar-refractivity contribution in [1.82, 2.24) is 10.5 Å². The van der Waals surface area contributed by atoms with E-state index in [4.69, 9.17) is 15.5 Å². The molecule has 16 heavy (non-hydrogen) atoms. The van der Waals surface area contributed by atoms with Crippen LogP contribution in [0.2, 0.25) is 0 Å². The molecule has 88 valence electrons. The number of amidine groups is 1. The Kier molecular flexibility index (Phi) is 3.09. The molecule has 0 atom stereocenters. The zero-order valence-corrected chi connectivity index (χ0v) is 9.02. The predicted molar refractivity (Wildman–Crippen MR) is 57.9 cm³/mol. The smallest absolute Gasteiger partial charge is 0.139 e. The van der Waals surface area contributed by atoms with E-state index in [1.807, 2.05) is 6.07 Å². The summed E-state index contributed by atoms with van der Waals surface area (Å²) in [5.74, 6) is 0.306. The molecule has 0 amide bonds. The molecule has 1 aromatic heterocycles. The second-order valence-electron chi connectivity index (χ2n) is 4.36. The number of aromatic nitrogens is 1. The van der Waals surface area contributed by atoms with Gasteiger partial charge in [0.1, 0.15) is 12.1 Å². The van der Waals surface area contributed by atoms with Gasteiger partial charge in [0.2, 0.25) is 0 Å². The number of nitrogens with zero attached hydrogens (tertiary/aromatic N) is 2. The van der Waals surface area contributed by atoms with Crippen LogP contribution in [0.5, 0.6) is 0 Å². The molecule has 0 radical (unpaired) electrons. The molecule has 4 N–H and O–H groups in total. The minimum Gasteiger partial charge on any atom is -0.409 e. The maximum absolute atomic E-state index is 8.52. The average molecular weight is 224 g/mol. The summed E-state index contributed by atoms with van der Waals surface area (Å²) in [6.07, 6.45) is 4.44. The van der Waals surface area contributed by atoms with Gasteiger partial charge in [-0.2, -0.15) is 0 Å². The third-order valence-corrected chi connectivity index (χ3v) is 2.94. The number of hydrogen-bond donors (Lipinski definition) is 3. The summed E-state index contributed by atoms with van der Waals surface area (Å²) >= 11 is 0. The molecule has 1 heterocycles. The zero-order valence-electron chi connectivity index (χ0n) is 9.02. The molecule has 1 saturated carbocycles. The van der Waals surface area contributed by atoms with Gasteiger partial charge in [-0.1, -0.05) is 10.3 Å². The largest absolute Gasteiger partial charge is 0.409 e. The second-order valence-corrected chi connectivity index (χ2v) is 4.36. The fourth-order valence-electron chi connectivity index (χ4n) is 1.80. The zero-order chi connectivity index (χ0) is 11.4. The number of nitrogens with one attached hydrogen (secondary N) is 1. The molecule has 2 rings (SSSR count). The predicted octanol–water partition coefficient (Wildman–Crippen LogP) is 0.681. The van der Waals surface area contributed by atoms with Gasteiger partial charge in [0.25, 0.3) is 0 Å². The van der Waals surface area contributed by atoms with E-state index < -0.39 is 0 Å². The minimum absolute atomic E-state index is 0.181. The first-order chi connectivity index (χ1) is 7.74. The lowest BCUT2D eigenvalue weighted by atomic mass is 10.0. The fourth-order valence-corrected chi connectivity index (χ4v) is 1.80. The van der Waals surface area contributed by atoms with Crippen LogP contribution in [0, 0.1) is 5.41 Å². The average Bonchev–Trinajstić information content (AvgIpc) is 2.83. The molecule has 0 saturated heterocycles. The highest BCUT2D eigenvalue weighted by molar-refractivity contribution is 5.80. The number of nitrogens with two attached hydrogens (primary N) is 1. The lowest BCUT2D eigenvalue weighted by Crippen LogP contribution is -2.28. The van der Waals surface area contributed by atoms with Crippen molar-refractivity contribution in [3.63, 3.8) is 0 Å². The van der Waals surface area contributed by atoms with Crippen molar-refractivity contribution in [2.75, 3.05) is 6.54 Å². The van der Waals surface area contributed by atoms with Gasteiger partial charge in [-0.15, -0.1) is 0 Å². The monoisotopic (exact) mass is 224 g/mol. The molecular formula is C10H16N4O2. The van der Waals surface area contributed by atoms with Crippen LogP contribution in [0.15, 0.2) is 22.0 Å².